The topological polar surface area (TPSA) is 30.5 Å². The third kappa shape index (κ3) is 3.30. The van der Waals surface area contributed by atoms with E-state index in [0.717, 1.165) is 18.0 Å². The molecular formula is C13H19NO2S. The van der Waals surface area contributed by atoms with Crippen LogP contribution in [0.4, 0.5) is 0 Å². The maximum Gasteiger partial charge on any atom is 0.136 e. The van der Waals surface area contributed by atoms with Gasteiger partial charge in [0, 0.05) is 6.07 Å². The summed E-state index contributed by atoms with van der Waals surface area (Å²) in [6, 6.07) is 5.98. The van der Waals surface area contributed by atoms with Crippen LogP contribution in [0.2, 0.25) is 0 Å². The van der Waals surface area contributed by atoms with Crippen LogP contribution in [-0.4, -0.2) is 26.1 Å². The maximum atomic E-state index is 5.40. The maximum absolute atomic E-state index is 5.40. The molecule has 1 aliphatic heterocycles. The molecule has 1 aliphatic rings. The molecule has 1 aromatic rings. The van der Waals surface area contributed by atoms with E-state index in [-0.39, 0.29) is 0 Å². The Labute approximate surface area is 107 Å². The number of thioether (sulfide) groups is 1. The Balaban J connectivity index is 2.08. The molecule has 0 aliphatic carbocycles. The van der Waals surface area contributed by atoms with Crippen LogP contribution in [0, 0.1) is 0 Å². The van der Waals surface area contributed by atoms with E-state index in [9.17, 15) is 0 Å². The fourth-order valence-electron chi connectivity index (χ4n) is 1.95. The molecule has 1 saturated heterocycles. The molecule has 17 heavy (non-hydrogen) atoms. The first-order chi connectivity index (χ1) is 8.33. The Morgan fingerprint density at radius 2 is 2.12 bits per heavy atom. The highest BCUT2D eigenvalue weighted by molar-refractivity contribution is 8.00. The van der Waals surface area contributed by atoms with Crippen molar-refractivity contribution in [1.29, 1.82) is 0 Å². The number of hydrogen-bond acceptors (Lipinski definition) is 4. The van der Waals surface area contributed by atoms with Crippen LogP contribution in [0.5, 0.6) is 11.5 Å². The van der Waals surface area contributed by atoms with Gasteiger partial charge in [0.1, 0.15) is 11.5 Å². The minimum atomic E-state index is 0.506. The largest absolute Gasteiger partial charge is 0.497 e. The standard InChI is InChI=1S/C13H19NO2S/c1-15-10-6-7-12(11(9-10)16-2)17-13-5-3-4-8-14-13/h6-7,9,13-14H,3-5,8H2,1-2H3. The van der Waals surface area contributed by atoms with Crippen LogP contribution >= 0.6 is 11.8 Å². The van der Waals surface area contributed by atoms with E-state index in [1.807, 2.05) is 23.9 Å². The molecule has 1 aromatic carbocycles. The molecule has 1 fully saturated rings. The van der Waals surface area contributed by atoms with E-state index in [2.05, 4.69) is 11.4 Å². The molecule has 4 heteroatoms. The average molecular weight is 253 g/mol. The van der Waals surface area contributed by atoms with Crippen molar-refractivity contribution in [3.63, 3.8) is 0 Å². The summed E-state index contributed by atoms with van der Waals surface area (Å²) in [5, 5.41) is 4.03. The van der Waals surface area contributed by atoms with E-state index in [1.54, 1.807) is 14.2 Å². The fourth-order valence-corrected chi connectivity index (χ4v) is 3.14. The van der Waals surface area contributed by atoms with Gasteiger partial charge in [-0.05, 0) is 37.9 Å². The van der Waals surface area contributed by atoms with Crippen molar-refractivity contribution in [3.05, 3.63) is 18.2 Å². The number of nitrogens with one attached hydrogen (secondary N) is 1. The van der Waals surface area contributed by atoms with Gasteiger partial charge in [-0.15, -0.1) is 11.8 Å². The average Bonchev–Trinajstić information content (AvgIpc) is 2.40. The number of ether oxygens (including phenoxy) is 2. The molecule has 1 N–H and O–H groups in total. The number of piperidine rings is 1. The van der Waals surface area contributed by atoms with Gasteiger partial charge in [-0.25, -0.2) is 0 Å². The first-order valence-electron chi connectivity index (χ1n) is 5.95. The van der Waals surface area contributed by atoms with Crippen LogP contribution in [-0.2, 0) is 0 Å². The quantitative estimate of drug-likeness (QED) is 0.894. The zero-order valence-corrected chi connectivity index (χ0v) is 11.2. The Morgan fingerprint density at radius 1 is 1.24 bits per heavy atom. The Kier molecular flexibility index (Phi) is 4.57. The first-order valence-corrected chi connectivity index (χ1v) is 6.83. The van der Waals surface area contributed by atoms with Gasteiger partial charge in [0.25, 0.3) is 0 Å². The van der Waals surface area contributed by atoms with Crippen LogP contribution in [0.3, 0.4) is 0 Å². The Bertz CT molecular complexity index is 364. The van der Waals surface area contributed by atoms with E-state index in [1.165, 1.54) is 24.2 Å². The number of rotatable bonds is 4. The lowest BCUT2D eigenvalue weighted by molar-refractivity contribution is 0.387. The molecule has 0 aromatic heterocycles. The summed E-state index contributed by atoms with van der Waals surface area (Å²) in [6.07, 6.45) is 3.82. The molecule has 3 nitrogen and oxygen atoms in total. The zero-order valence-electron chi connectivity index (χ0n) is 10.4. The molecule has 94 valence electrons. The van der Waals surface area contributed by atoms with Crippen molar-refractivity contribution in [2.75, 3.05) is 20.8 Å². The van der Waals surface area contributed by atoms with E-state index >= 15 is 0 Å². The highest BCUT2D eigenvalue weighted by Gasteiger charge is 2.16. The molecule has 0 saturated carbocycles. The SMILES string of the molecule is COc1ccc(SC2CCCCN2)c(OC)c1. The number of hydrogen-bond donors (Lipinski definition) is 1. The molecule has 2 rings (SSSR count). The Morgan fingerprint density at radius 3 is 2.76 bits per heavy atom. The van der Waals surface area contributed by atoms with Crippen LogP contribution in [0.25, 0.3) is 0 Å². The normalized spacial score (nSPS) is 20.0. The fraction of sp³-hybridized carbons (Fsp3) is 0.538. The lowest BCUT2D eigenvalue weighted by Crippen LogP contribution is -2.31. The molecule has 1 heterocycles. The molecular weight excluding hydrogens is 234 g/mol. The summed E-state index contributed by atoms with van der Waals surface area (Å²) in [5.41, 5.74) is 0. The van der Waals surface area contributed by atoms with Crippen LogP contribution < -0.4 is 14.8 Å². The number of benzene rings is 1. The molecule has 0 radical (unpaired) electrons. The van der Waals surface area contributed by atoms with Gasteiger partial charge in [0.2, 0.25) is 0 Å². The van der Waals surface area contributed by atoms with Crippen molar-refractivity contribution < 1.29 is 9.47 Å². The van der Waals surface area contributed by atoms with Crippen molar-refractivity contribution in [2.24, 2.45) is 0 Å². The number of methoxy groups -OCH3 is 2. The van der Waals surface area contributed by atoms with Gasteiger partial charge >= 0.3 is 0 Å². The van der Waals surface area contributed by atoms with Crippen molar-refractivity contribution in [3.8, 4) is 11.5 Å². The van der Waals surface area contributed by atoms with Crippen LogP contribution in [0.15, 0.2) is 23.1 Å². The minimum absolute atomic E-state index is 0.506. The third-order valence-corrected chi connectivity index (χ3v) is 4.18. The van der Waals surface area contributed by atoms with E-state index in [0.29, 0.717) is 5.37 Å². The second-order valence-electron chi connectivity index (χ2n) is 4.07. The third-order valence-electron chi connectivity index (χ3n) is 2.91. The lowest BCUT2D eigenvalue weighted by atomic mass is 10.2. The summed E-state index contributed by atoms with van der Waals surface area (Å²) < 4.78 is 10.6. The van der Waals surface area contributed by atoms with Gasteiger partial charge in [-0.2, -0.15) is 0 Å². The van der Waals surface area contributed by atoms with Gasteiger partial charge < -0.3 is 14.8 Å². The highest BCUT2D eigenvalue weighted by Crippen LogP contribution is 2.36. The second kappa shape index (κ2) is 6.17. The highest BCUT2D eigenvalue weighted by atomic mass is 32.2. The van der Waals surface area contributed by atoms with Gasteiger partial charge in [-0.1, -0.05) is 0 Å². The minimum Gasteiger partial charge on any atom is -0.497 e. The van der Waals surface area contributed by atoms with Crippen molar-refractivity contribution in [2.45, 2.75) is 29.5 Å². The summed E-state index contributed by atoms with van der Waals surface area (Å²) in [6.45, 7) is 1.12. The predicted octanol–water partition coefficient (Wildman–Crippen LogP) is 2.90. The Hall–Kier alpha value is -0.870. The smallest absolute Gasteiger partial charge is 0.136 e. The lowest BCUT2D eigenvalue weighted by Gasteiger charge is -2.23. The molecule has 1 atom stereocenters. The molecule has 0 amide bonds. The summed E-state index contributed by atoms with van der Waals surface area (Å²) in [5.74, 6) is 1.73. The molecule has 1 unspecified atom stereocenters. The summed E-state index contributed by atoms with van der Waals surface area (Å²) in [4.78, 5) is 1.17. The first kappa shape index (κ1) is 12.6. The predicted molar refractivity (Wildman–Crippen MR) is 71.0 cm³/mol. The summed E-state index contributed by atoms with van der Waals surface area (Å²) in [7, 11) is 3.37. The van der Waals surface area contributed by atoms with E-state index in [4.69, 9.17) is 9.47 Å². The van der Waals surface area contributed by atoms with Gasteiger partial charge in [0.05, 0.1) is 24.5 Å². The van der Waals surface area contributed by atoms with Crippen LogP contribution in [0.1, 0.15) is 19.3 Å². The molecule has 0 spiro atoms. The zero-order chi connectivity index (χ0) is 12.1. The van der Waals surface area contributed by atoms with E-state index < -0.39 is 0 Å². The molecule has 0 bridgehead atoms. The van der Waals surface area contributed by atoms with Gasteiger partial charge in [0.15, 0.2) is 0 Å². The monoisotopic (exact) mass is 253 g/mol. The summed E-state index contributed by atoms with van der Waals surface area (Å²) >= 11 is 1.84. The second-order valence-corrected chi connectivity index (χ2v) is 5.32. The van der Waals surface area contributed by atoms with Crippen molar-refractivity contribution >= 4 is 11.8 Å². The van der Waals surface area contributed by atoms with Crippen molar-refractivity contribution in [1.82, 2.24) is 5.32 Å². The van der Waals surface area contributed by atoms with Gasteiger partial charge in [-0.3, -0.25) is 0 Å².